The lowest BCUT2D eigenvalue weighted by Crippen LogP contribution is -2.30. The van der Waals surface area contributed by atoms with E-state index in [2.05, 4.69) is 11.9 Å². The van der Waals surface area contributed by atoms with Crippen molar-refractivity contribution in [1.82, 2.24) is 5.32 Å². The van der Waals surface area contributed by atoms with E-state index in [1.807, 2.05) is 6.92 Å². The normalized spacial score (nSPS) is 14.2. The second-order valence-corrected chi connectivity index (χ2v) is 6.92. The van der Waals surface area contributed by atoms with Gasteiger partial charge in [0.05, 0.1) is 30.5 Å². The molecule has 2 aromatic rings. The fraction of sp³-hybridized carbons (Fsp3) is 0.174. The summed E-state index contributed by atoms with van der Waals surface area (Å²) >= 11 is 0. The molecule has 31 heavy (non-hydrogen) atoms. The molecule has 0 spiro atoms. The van der Waals surface area contributed by atoms with Gasteiger partial charge in [-0.3, -0.25) is 9.59 Å². The van der Waals surface area contributed by atoms with Crippen molar-refractivity contribution in [1.29, 1.82) is 0 Å². The monoisotopic (exact) mass is 423 g/mol. The molecule has 0 saturated heterocycles. The summed E-state index contributed by atoms with van der Waals surface area (Å²) in [7, 11) is 1.40. The zero-order chi connectivity index (χ0) is 22.7. The summed E-state index contributed by atoms with van der Waals surface area (Å²) in [5.74, 6) is -1.59. The van der Waals surface area contributed by atoms with E-state index in [9.17, 15) is 24.6 Å². The molecule has 0 saturated carbocycles. The molecule has 1 unspecified atom stereocenters. The molecule has 8 heteroatoms. The third kappa shape index (κ3) is 4.58. The second-order valence-electron chi connectivity index (χ2n) is 6.92. The number of ketones is 2. The van der Waals surface area contributed by atoms with Crippen molar-refractivity contribution in [2.75, 3.05) is 7.11 Å². The van der Waals surface area contributed by atoms with Crippen LogP contribution in [-0.4, -0.2) is 28.9 Å². The Bertz CT molecular complexity index is 1190. The number of Topliss-reactive ketones (excluding diaryl/α,β-unsaturated/α-hetero) is 1. The Hall–Kier alpha value is -4.07. The first-order valence-corrected chi connectivity index (χ1v) is 9.36. The number of nitrogens with one attached hydrogen (secondary N) is 1. The van der Waals surface area contributed by atoms with Crippen LogP contribution in [0.3, 0.4) is 0 Å². The van der Waals surface area contributed by atoms with E-state index < -0.39 is 29.0 Å². The Balaban J connectivity index is 2.02. The first kappa shape index (κ1) is 21.6. The number of methoxy groups -OCH3 is 1. The van der Waals surface area contributed by atoms with Crippen molar-refractivity contribution in [3.63, 3.8) is 0 Å². The average molecular weight is 423 g/mol. The number of hydrogen-bond donors (Lipinski definition) is 3. The first-order chi connectivity index (χ1) is 14.7. The fourth-order valence-electron chi connectivity index (χ4n) is 3.31. The van der Waals surface area contributed by atoms with E-state index in [1.165, 1.54) is 19.2 Å². The zero-order valence-corrected chi connectivity index (χ0v) is 17.0. The number of allylic oxidation sites excluding steroid dienone is 4. The molecule has 3 rings (SSSR count). The van der Waals surface area contributed by atoms with Crippen molar-refractivity contribution in [2.24, 2.45) is 0 Å². The molecule has 0 fully saturated rings. The number of phenols is 2. The van der Waals surface area contributed by atoms with Crippen molar-refractivity contribution in [3.05, 3.63) is 87.6 Å². The quantitative estimate of drug-likeness (QED) is 0.580. The van der Waals surface area contributed by atoms with E-state index in [1.54, 1.807) is 12.2 Å². The van der Waals surface area contributed by atoms with Gasteiger partial charge in [0.2, 0.25) is 5.78 Å². The average Bonchev–Trinajstić information content (AvgIpc) is 2.70. The molecule has 1 heterocycles. The highest BCUT2D eigenvalue weighted by Gasteiger charge is 2.31. The number of benzene rings is 1. The van der Waals surface area contributed by atoms with Gasteiger partial charge in [0.25, 0.3) is 0 Å². The molecule has 160 valence electrons. The number of aromatic hydroxyl groups is 2. The molecule has 0 amide bonds. The van der Waals surface area contributed by atoms with Crippen LogP contribution >= 0.6 is 0 Å². The minimum absolute atomic E-state index is 0.0775. The molecule has 1 aliphatic carbocycles. The van der Waals surface area contributed by atoms with Gasteiger partial charge < -0.3 is 24.7 Å². The molecule has 8 nitrogen and oxygen atoms in total. The summed E-state index contributed by atoms with van der Waals surface area (Å²) in [6, 6.07) is 4.05. The fourth-order valence-corrected chi connectivity index (χ4v) is 3.31. The maximum absolute atomic E-state index is 13.0. The van der Waals surface area contributed by atoms with Gasteiger partial charge in [0, 0.05) is 23.8 Å². The Morgan fingerprint density at radius 1 is 1.23 bits per heavy atom. The van der Waals surface area contributed by atoms with Gasteiger partial charge in [0.1, 0.15) is 23.0 Å². The number of fused-ring (bicyclic) bond motifs is 1. The Labute approximate surface area is 177 Å². The molecule has 0 aliphatic heterocycles. The number of ether oxygens (including phenoxy) is 1. The van der Waals surface area contributed by atoms with Crippen molar-refractivity contribution < 1.29 is 29.0 Å². The largest absolute Gasteiger partial charge is 0.508 e. The molecule has 0 bridgehead atoms. The van der Waals surface area contributed by atoms with Gasteiger partial charge in [-0.2, -0.15) is 0 Å². The highest BCUT2D eigenvalue weighted by atomic mass is 16.5. The van der Waals surface area contributed by atoms with Crippen molar-refractivity contribution in [2.45, 2.75) is 19.4 Å². The second kappa shape index (κ2) is 8.74. The van der Waals surface area contributed by atoms with Gasteiger partial charge in [-0.05, 0) is 19.4 Å². The number of carbonyl (C=O) groups excluding carboxylic acids is 2. The summed E-state index contributed by atoms with van der Waals surface area (Å²) < 4.78 is 10.4. The summed E-state index contributed by atoms with van der Waals surface area (Å²) in [5, 5.41) is 22.7. The topological polar surface area (TPSA) is 126 Å². The lowest BCUT2D eigenvalue weighted by atomic mass is 9.90. The Kier molecular flexibility index (Phi) is 6.10. The van der Waals surface area contributed by atoms with E-state index in [-0.39, 0.29) is 40.5 Å². The van der Waals surface area contributed by atoms with Crippen LogP contribution in [0.5, 0.6) is 17.2 Å². The highest BCUT2D eigenvalue weighted by molar-refractivity contribution is 6.25. The first-order valence-electron chi connectivity index (χ1n) is 9.36. The van der Waals surface area contributed by atoms with Crippen LogP contribution < -0.4 is 15.7 Å². The van der Waals surface area contributed by atoms with Gasteiger partial charge in [-0.15, -0.1) is 0 Å². The van der Waals surface area contributed by atoms with Crippen LogP contribution in [-0.2, 0) is 0 Å². The van der Waals surface area contributed by atoms with Crippen LogP contribution in [0.4, 0.5) is 0 Å². The van der Waals surface area contributed by atoms with Crippen LogP contribution in [0.15, 0.2) is 69.6 Å². The predicted molar refractivity (Wildman–Crippen MR) is 112 cm³/mol. The minimum atomic E-state index is -0.734. The van der Waals surface area contributed by atoms with Crippen molar-refractivity contribution >= 4 is 11.6 Å². The van der Waals surface area contributed by atoms with Gasteiger partial charge in [0.15, 0.2) is 5.78 Å². The van der Waals surface area contributed by atoms with Crippen LogP contribution in [0, 0.1) is 0 Å². The maximum Gasteiger partial charge on any atom is 0.339 e. The predicted octanol–water partition coefficient (Wildman–Crippen LogP) is 3.18. The van der Waals surface area contributed by atoms with Gasteiger partial charge in [-0.1, -0.05) is 24.3 Å². The molecule has 1 atom stereocenters. The lowest BCUT2D eigenvalue weighted by Gasteiger charge is -2.23. The number of phenolic OH excluding ortho intramolecular Hbond substituents is 2. The lowest BCUT2D eigenvalue weighted by molar-refractivity contribution is 0.0973. The SMILES string of the molecule is C=C(C=CC)CC(NC1=CC(=O)c2c(O)cc(O)cc2C1=O)c1cc(OC)cc(=O)o1. The summed E-state index contributed by atoms with van der Waals surface area (Å²) in [6.07, 6.45) is 4.86. The van der Waals surface area contributed by atoms with Gasteiger partial charge >= 0.3 is 5.63 Å². The highest BCUT2D eigenvalue weighted by Crippen LogP contribution is 2.33. The number of rotatable bonds is 7. The smallest absolute Gasteiger partial charge is 0.339 e. The molecule has 0 radical (unpaired) electrons. The van der Waals surface area contributed by atoms with E-state index >= 15 is 0 Å². The third-order valence-corrected chi connectivity index (χ3v) is 4.65. The molecule has 1 aliphatic rings. The van der Waals surface area contributed by atoms with Gasteiger partial charge in [-0.25, -0.2) is 4.79 Å². The van der Waals surface area contributed by atoms with Crippen LogP contribution in [0.2, 0.25) is 0 Å². The molecular weight excluding hydrogens is 402 g/mol. The maximum atomic E-state index is 13.0. The standard InChI is InChI=1S/C23H21NO7/c1-4-5-12(2)6-16(20-9-14(30-3)10-21(28)31-20)24-17-11-19(27)22-15(23(17)29)7-13(25)8-18(22)26/h4-5,7-11,16,24-26H,2,6H2,1,3H3. The van der Waals surface area contributed by atoms with E-state index in [0.29, 0.717) is 5.57 Å². The van der Waals surface area contributed by atoms with E-state index in [0.717, 1.165) is 18.2 Å². The minimum Gasteiger partial charge on any atom is -0.508 e. The number of hydrogen-bond acceptors (Lipinski definition) is 8. The summed E-state index contributed by atoms with van der Waals surface area (Å²) in [6.45, 7) is 5.77. The molecule has 1 aromatic heterocycles. The number of carbonyl (C=O) groups is 2. The zero-order valence-electron chi connectivity index (χ0n) is 17.0. The van der Waals surface area contributed by atoms with Crippen LogP contribution in [0.25, 0.3) is 0 Å². The van der Waals surface area contributed by atoms with E-state index in [4.69, 9.17) is 9.15 Å². The molecule has 3 N–H and O–H groups in total. The third-order valence-electron chi connectivity index (χ3n) is 4.65. The summed E-state index contributed by atoms with van der Waals surface area (Å²) in [4.78, 5) is 37.4. The van der Waals surface area contributed by atoms with Crippen molar-refractivity contribution in [3.8, 4) is 17.2 Å². The molecular formula is C23H21NO7. The van der Waals surface area contributed by atoms with Crippen LogP contribution in [0.1, 0.15) is 45.9 Å². The Morgan fingerprint density at radius 2 is 1.97 bits per heavy atom. The molecule has 1 aromatic carbocycles. The summed E-state index contributed by atoms with van der Waals surface area (Å²) in [5.41, 5.74) is -0.359. The Morgan fingerprint density at radius 3 is 2.65 bits per heavy atom.